The van der Waals surface area contributed by atoms with E-state index >= 15 is 0 Å². The third-order valence-electron chi connectivity index (χ3n) is 3.94. The minimum absolute atomic E-state index is 0.207. The standard InChI is InChI=1S/C22H36N6O4/c1-7-24-19(27-14-22(5,6)28-20(31)32-21(2,3)4)26-12-15-8-10-16(11-9-15)18(30)25-13-17(23)29/h8-11H,7,12-14H2,1-6H3,(H2,23,29)(H,25,30)(H,28,31)(H2,24,26,27). The molecule has 0 heterocycles. The van der Waals surface area contributed by atoms with Gasteiger partial charge in [0.1, 0.15) is 5.60 Å². The molecule has 6 N–H and O–H groups in total. The topological polar surface area (TPSA) is 147 Å². The van der Waals surface area contributed by atoms with E-state index in [1.54, 1.807) is 24.3 Å². The molecule has 0 atom stereocenters. The smallest absolute Gasteiger partial charge is 0.408 e. The van der Waals surface area contributed by atoms with Crippen LogP contribution < -0.4 is 27.0 Å². The van der Waals surface area contributed by atoms with E-state index in [2.05, 4.69) is 26.3 Å². The Bertz CT molecular complexity index is 813. The van der Waals surface area contributed by atoms with E-state index in [0.29, 0.717) is 31.2 Å². The lowest BCUT2D eigenvalue weighted by Crippen LogP contribution is -2.54. The number of guanidine groups is 1. The number of aliphatic imine (C=N–C) groups is 1. The highest BCUT2D eigenvalue weighted by molar-refractivity contribution is 5.96. The Hall–Kier alpha value is -3.30. The van der Waals surface area contributed by atoms with Gasteiger partial charge in [0.25, 0.3) is 5.91 Å². The first-order valence-corrected chi connectivity index (χ1v) is 10.5. The molecule has 178 valence electrons. The van der Waals surface area contributed by atoms with Crippen molar-refractivity contribution in [3.8, 4) is 0 Å². The van der Waals surface area contributed by atoms with Crippen molar-refractivity contribution in [2.75, 3.05) is 19.6 Å². The van der Waals surface area contributed by atoms with Gasteiger partial charge in [0, 0.05) is 18.7 Å². The summed E-state index contributed by atoms with van der Waals surface area (Å²) in [5.74, 6) is -0.374. The van der Waals surface area contributed by atoms with Crippen molar-refractivity contribution >= 4 is 23.9 Å². The van der Waals surface area contributed by atoms with Crippen molar-refractivity contribution in [3.63, 3.8) is 0 Å². The number of nitrogens with zero attached hydrogens (tertiary/aromatic N) is 1. The highest BCUT2D eigenvalue weighted by atomic mass is 16.6. The van der Waals surface area contributed by atoms with E-state index in [4.69, 9.17) is 10.5 Å². The average molecular weight is 449 g/mol. The molecule has 0 aliphatic rings. The second-order valence-corrected chi connectivity index (χ2v) is 8.91. The van der Waals surface area contributed by atoms with Crippen molar-refractivity contribution in [2.45, 2.75) is 59.2 Å². The van der Waals surface area contributed by atoms with Crippen LogP contribution in [-0.2, 0) is 16.1 Å². The summed E-state index contributed by atoms with van der Waals surface area (Å²) in [6, 6.07) is 6.91. The van der Waals surface area contributed by atoms with Crippen molar-refractivity contribution in [3.05, 3.63) is 35.4 Å². The summed E-state index contributed by atoms with van der Waals surface area (Å²) in [7, 11) is 0. The van der Waals surface area contributed by atoms with E-state index in [-0.39, 0.29) is 12.5 Å². The summed E-state index contributed by atoms with van der Waals surface area (Å²) in [6.45, 7) is 12.4. The third kappa shape index (κ3) is 11.2. The molecular formula is C22H36N6O4. The van der Waals surface area contributed by atoms with Gasteiger partial charge in [0.05, 0.1) is 18.6 Å². The van der Waals surface area contributed by atoms with Crippen LogP contribution in [0.4, 0.5) is 4.79 Å². The minimum atomic E-state index is -0.600. The lowest BCUT2D eigenvalue weighted by atomic mass is 10.1. The SMILES string of the molecule is CCNC(=NCc1ccc(C(=O)NCC(N)=O)cc1)NCC(C)(C)NC(=O)OC(C)(C)C. The Morgan fingerprint density at radius 1 is 1.00 bits per heavy atom. The first-order valence-electron chi connectivity index (χ1n) is 10.5. The molecule has 0 bridgehead atoms. The van der Waals surface area contributed by atoms with E-state index in [9.17, 15) is 14.4 Å². The van der Waals surface area contributed by atoms with Crippen LogP contribution in [0.5, 0.6) is 0 Å². The molecule has 0 aliphatic carbocycles. The molecule has 0 unspecified atom stereocenters. The lowest BCUT2D eigenvalue weighted by Gasteiger charge is -2.29. The molecule has 1 aromatic rings. The van der Waals surface area contributed by atoms with Gasteiger partial charge in [-0.2, -0.15) is 0 Å². The summed E-state index contributed by atoms with van der Waals surface area (Å²) in [4.78, 5) is 39.3. The number of hydrogen-bond donors (Lipinski definition) is 5. The van der Waals surface area contributed by atoms with Crippen molar-refractivity contribution in [2.24, 2.45) is 10.7 Å². The molecule has 0 spiro atoms. The van der Waals surface area contributed by atoms with E-state index in [1.807, 2.05) is 41.5 Å². The molecule has 0 aromatic heterocycles. The number of alkyl carbamates (subject to hydrolysis) is 1. The average Bonchev–Trinajstić information content (AvgIpc) is 2.66. The van der Waals surface area contributed by atoms with Crippen LogP contribution in [0.2, 0.25) is 0 Å². The Morgan fingerprint density at radius 2 is 1.62 bits per heavy atom. The quantitative estimate of drug-likeness (QED) is 0.284. The highest BCUT2D eigenvalue weighted by Gasteiger charge is 2.24. The number of ether oxygens (including phenoxy) is 1. The van der Waals surface area contributed by atoms with Gasteiger partial charge >= 0.3 is 6.09 Å². The van der Waals surface area contributed by atoms with Gasteiger partial charge in [-0.1, -0.05) is 12.1 Å². The Balaban J connectivity index is 2.67. The lowest BCUT2D eigenvalue weighted by molar-refractivity contribution is -0.117. The monoisotopic (exact) mass is 448 g/mol. The fourth-order valence-electron chi connectivity index (χ4n) is 2.47. The molecule has 0 saturated carbocycles. The zero-order valence-electron chi connectivity index (χ0n) is 19.8. The maximum absolute atomic E-state index is 12.0. The van der Waals surface area contributed by atoms with Crippen molar-refractivity contribution in [1.29, 1.82) is 0 Å². The number of primary amides is 1. The molecule has 1 aromatic carbocycles. The maximum atomic E-state index is 12.0. The molecule has 0 radical (unpaired) electrons. The van der Waals surface area contributed by atoms with Crippen LogP contribution in [0.1, 0.15) is 57.5 Å². The zero-order valence-corrected chi connectivity index (χ0v) is 19.8. The number of nitrogens with one attached hydrogen (secondary N) is 4. The second kappa shape index (κ2) is 11.9. The van der Waals surface area contributed by atoms with E-state index in [0.717, 1.165) is 5.56 Å². The molecule has 32 heavy (non-hydrogen) atoms. The number of amides is 3. The molecule has 10 nitrogen and oxygen atoms in total. The van der Waals surface area contributed by atoms with Gasteiger partial charge in [0.15, 0.2) is 5.96 Å². The van der Waals surface area contributed by atoms with Crippen LogP contribution in [0.15, 0.2) is 29.3 Å². The molecule has 0 saturated heterocycles. The van der Waals surface area contributed by atoms with E-state index in [1.165, 1.54) is 0 Å². The molecule has 0 aliphatic heterocycles. The van der Waals surface area contributed by atoms with Gasteiger partial charge in [-0.25, -0.2) is 9.79 Å². The second-order valence-electron chi connectivity index (χ2n) is 8.91. The summed E-state index contributed by atoms with van der Waals surface area (Å²) in [6.07, 6.45) is -0.480. The summed E-state index contributed by atoms with van der Waals surface area (Å²) >= 11 is 0. The first kappa shape index (κ1) is 26.7. The number of rotatable bonds is 9. The Labute approximate surface area is 189 Å². The van der Waals surface area contributed by atoms with Gasteiger partial charge < -0.3 is 31.7 Å². The summed E-state index contributed by atoms with van der Waals surface area (Å²) < 4.78 is 5.31. The number of carbonyl (C=O) groups is 3. The Kier molecular flexibility index (Phi) is 9.96. The first-order chi connectivity index (χ1) is 14.8. The van der Waals surface area contributed by atoms with Crippen LogP contribution >= 0.6 is 0 Å². The number of carbonyl (C=O) groups excluding carboxylic acids is 3. The molecule has 3 amide bonds. The largest absolute Gasteiger partial charge is 0.444 e. The van der Waals surface area contributed by atoms with Gasteiger partial charge in [0.2, 0.25) is 5.91 Å². The van der Waals surface area contributed by atoms with Crippen LogP contribution in [0, 0.1) is 0 Å². The summed E-state index contributed by atoms with van der Waals surface area (Å²) in [5, 5.41) is 11.7. The minimum Gasteiger partial charge on any atom is -0.444 e. The van der Waals surface area contributed by atoms with Gasteiger partial charge in [-0.05, 0) is 59.2 Å². The van der Waals surface area contributed by atoms with Crippen LogP contribution in [0.25, 0.3) is 0 Å². The fraction of sp³-hybridized carbons (Fsp3) is 0.545. The number of benzene rings is 1. The molecule has 0 fully saturated rings. The van der Waals surface area contributed by atoms with Gasteiger partial charge in [-0.15, -0.1) is 0 Å². The number of hydrogen-bond acceptors (Lipinski definition) is 5. The van der Waals surface area contributed by atoms with Crippen LogP contribution in [0.3, 0.4) is 0 Å². The molecule has 10 heteroatoms. The molecular weight excluding hydrogens is 412 g/mol. The molecule has 1 rings (SSSR count). The predicted octanol–water partition coefficient (Wildman–Crippen LogP) is 1.26. The van der Waals surface area contributed by atoms with Crippen molar-refractivity contribution in [1.82, 2.24) is 21.3 Å². The highest BCUT2D eigenvalue weighted by Crippen LogP contribution is 2.09. The predicted molar refractivity (Wildman–Crippen MR) is 124 cm³/mol. The van der Waals surface area contributed by atoms with Gasteiger partial charge in [-0.3, -0.25) is 9.59 Å². The van der Waals surface area contributed by atoms with Crippen LogP contribution in [-0.4, -0.2) is 54.6 Å². The van der Waals surface area contributed by atoms with E-state index < -0.39 is 23.1 Å². The summed E-state index contributed by atoms with van der Waals surface area (Å²) in [5.41, 5.74) is 5.22. The normalized spacial score (nSPS) is 12.0. The Morgan fingerprint density at radius 3 is 2.16 bits per heavy atom. The fourth-order valence-corrected chi connectivity index (χ4v) is 2.47. The number of nitrogens with two attached hydrogens (primary N) is 1. The maximum Gasteiger partial charge on any atom is 0.408 e. The zero-order chi connectivity index (χ0) is 24.4. The van der Waals surface area contributed by atoms with Crippen molar-refractivity contribution < 1.29 is 19.1 Å². The third-order valence-corrected chi connectivity index (χ3v) is 3.94.